The Morgan fingerprint density at radius 3 is 2.48 bits per heavy atom. The van der Waals surface area contributed by atoms with Crippen molar-refractivity contribution in [3.05, 3.63) is 29.6 Å². The lowest BCUT2D eigenvalue weighted by Crippen LogP contribution is -2.19. The third-order valence-electron chi connectivity index (χ3n) is 2.76. The molecule has 3 nitrogen and oxygen atoms in total. The largest absolute Gasteiger partial charge is 0.491 e. The van der Waals surface area contributed by atoms with E-state index in [0.717, 1.165) is 18.7 Å². The van der Waals surface area contributed by atoms with E-state index in [1.165, 1.54) is 12.1 Å². The first kappa shape index (κ1) is 17.9. The Kier molecular flexibility index (Phi) is 8.31. The molecule has 0 heterocycles. The molecule has 0 radical (unpaired) electrons. The minimum Gasteiger partial charge on any atom is -0.491 e. The highest BCUT2D eigenvalue weighted by molar-refractivity contribution is 5.29. The van der Waals surface area contributed by atoms with Gasteiger partial charge < -0.3 is 14.8 Å². The standard InChI is InChI=1S/C17H28FNO2/c1-13(2)10-19-11-15-7-16(18)9-17(8-15)21-6-5-20-12-14(3)4/h7-9,13-14,19H,5-6,10-12H2,1-4H3. The first-order chi connectivity index (χ1) is 9.97. The van der Waals surface area contributed by atoms with Gasteiger partial charge in [-0.3, -0.25) is 0 Å². The summed E-state index contributed by atoms with van der Waals surface area (Å²) in [6, 6.07) is 4.82. The van der Waals surface area contributed by atoms with Crippen molar-refractivity contribution < 1.29 is 13.9 Å². The van der Waals surface area contributed by atoms with Crippen molar-refractivity contribution >= 4 is 0 Å². The van der Waals surface area contributed by atoms with E-state index in [1.807, 2.05) is 6.07 Å². The fraction of sp³-hybridized carbons (Fsp3) is 0.647. The molecule has 0 atom stereocenters. The van der Waals surface area contributed by atoms with Crippen LogP contribution in [0.25, 0.3) is 0 Å². The Balaban J connectivity index is 2.38. The highest BCUT2D eigenvalue weighted by Gasteiger charge is 2.03. The summed E-state index contributed by atoms with van der Waals surface area (Å²) < 4.78 is 24.5. The summed E-state index contributed by atoms with van der Waals surface area (Å²) in [7, 11) is 0. The summed E-state index contributed by atoms with van der Waals surface area (Å²) in [6.45, 7) is 11.7. The molecule has 4 heteroatoms. The van der Waals surface area contributed by atoms with E-state index in [-0.39, 0.29) is 5.82 Å². The second-order valence-electron chi connectivity index (χ2n) is 6.14. The van der Waals surface area contributed by atoms with E-state index >= 15 is 0 Å². The molecule has 0 spiro atoms. The molecule has 120 valence electrons. The zero-order valence-electron chi connectivity index (χ0n) is 13.6. The van der Waals surface area contributed by atoms with Gasteiger partial charge in [-0.25, -0.2) is 4.39 Å². The van der Waals surface area contributed by atoms with Gasteiger partial charge in [0.05, 0.1) is 6.61 Å². The van der Waals surface area contributed by atoms with Gasteiger partial charge in [0.1, 0.15) is 18.2 Å². The Morgan fingerprint density at radius 2 is 1.81 bits per heavy atom. The quantitative estimate of drug-likeness (QED) is 0.669. The predicted octanol–water partition coefficient (Wildman–Crippen LogP) is 3.62. The summed E-state index contributed by atoms with van der Waals surface area (Å²) in [5.41, 5.74) is 0.897. The second-order valence-corrected chi connectivity index (χ2v) is 6.14. The molecule has 21 heavy (non-hydrogen) atoms. The van der Waals surface area contributed by atoms with Gasteiger partial charge in [0.15, 0.2) is 0 Å². The van der Waals surface area contributed by atoms with Crippen LogP contribution < -0.4 is 10.1 Å². The van der Waals surface area contributed by atoms with E-state index in [1.54, 1.807) is 0 Å². The van der Waals surface area contributed by atoms with Crippen LogP contribution in [0.4, 0.5) is 4.39 Å². The molecule has 0 fully saturated rings. The lowest BCUT2D eigenvalue weighted by molar-refractivity contribution is 0.0818. The second kappa shape index (κ2) is 9.74. The molecule has 0 aliphatic carbocycles. The fourth-order valence-corrected chi connectivity index (χ4v) is 1.85. The monoisotopic (exact) mass is 297 g/mol. The van der Waals surface area contributed by atoms with Gasteiger partial charge in [0, 0.05) is 19.2 Å². The van der Waals surface area contributed by atoms with Crippen molar-refractivity contribution in [3.63, 3.8) is 0 Å². The maximum atomic E-state index is 13.6. The van der Waals surface area contributed by atoms with Crippen LogP contribution in [0.5, 0.6) is 5.75 Å². The summed E-state index contributed by atoms with van der Waals surface area (Å²) in [5.74, 6) is 1.38. The smallest absolute Gasteiger partial charge is 0.127 e. The molecule has 0 aromatic heterocycles. The summed E-state index contributed by atoms with van der Waals surface area (Å²) >= 11 is 0. The molecule has 0 aliphatic rings. The summed E-state index contributed by atoms with van der Waals surface area (Å²) in [4.78, 5) is 0. The van der Waals surface area contributed by atoms with Gasteiger partial charge >= 0.3 is 0 Å². The molecule has 0 saturated heterocycles. The number of nitrogens with one attached hydrogen (secondary N) is 1. The molecule has 1 rings (SSSR count). The minimum atomic E-state index is -0.267. The molecule has 1 aromatic carbocycles. The Morgan fingerprint density at radius 1 is 1.05 bits per heavy atom. The molecular weight excluding hydrogens is 269 g/mol. The first-order valence-corrected chi connectivity index (χ1v) is 7.68. The van der Waals surface area contributed by atoms with E-state index in [0.29, 0.717) is 37.3 Å². The molecule has 0 amide bonds. The van der Waals surface area contributed by atoms with Crippen molar-refractivity contribution in [2.24, 2.45) is 11.8 Å². The van der Waals surface area contributed by atoms with Crippen LogP contribution in [-0.4, -0.2) is 26.4 Å². The van der Waals surface area contributed by atoms with Crippen LogP contribution in [0.1, 0.15) is 33.3 Å². The van der Waals surface area contributed by atoms with Gasteiger partial charge in [-0.2, -0.15) is 0 Å². The average Bonchev–Trinajstić information content (AvgIpc) is 2.37. The van der Waals surface area contributed by atoms with Crippen molar-refractivity contribution in [1.82, 2.24) is 5.32 Å². The van der Waals surface area contributed by atoms with E-state index in [2.05, 4.69) is 33.0 Å². The molecule has 0 unspecified atom stereocenters. The molecular formula is C17H28FNO2. The van der Waals surface area contributed by atoms with Crippen molar-refractivity contribution in [2.45, 2.75) is 34.2 Å². The lowest BCUT2D eigenvalue weighted by atomic mass is 10.2. The van der Waals surface area contributed by atoms with Crippen molar-refractivity contribution in [3.8, 4) is 5.75 Å². The zero-order chi connectivity index (χ0) is 15.7. The molecule has 0 bridgehead atoms. The maximum absolute atomic E-state index is 13.6. The van der Waals surface area contributed by atoms with E-state index in [4.69, 9.17) is 9.47 Å². The lowest BCUT2D eigenvalue weighted by Gasteiger charge is -2.11. The Labute approximate surface area is 127 Å². The van der Waals surface area contributed by atoms with Gasteiger partial charge in [-0.15, -0.1) is 0 Å². The fourth-order valence-electron chi connectivity index (χ4n) is 1.85. The number of hydrogen-bond acceptors (Lipinski definition) is 3. The minimum absolute atomic E-state index is 0.267. The van der Waals surface area contributed by atoms with E-state index < -0.39 is 0 Å². The topological polar surface area (TPSA) is 30.5 Å². The molecule has 0 saturated carbocycles. The normalized spacial score (nSPS) is 11.4. The van der Waals surface area contributed by atoms with Crippen LogP contribution in [-0.2, 0) is 11.3 Å². The van der Waals surface area contributed by atoms with Crippen LogP contribution in [0.15, 0.2) is 18.2 Å². The SMILES string of the molecule is CC(C)CNCc1cc(F)cc(OCCOCC(C)C)c1. The van der Waals surface area contributed by atoms with Gasteiger partial charge in [-0.1, -0.05) is 27.7 Å². The third-order valence-corrected chi connectivity index (χ3v) is 2.76. The Bertz CT molecular complexity index is 408. The van der Waals surface area contributed by atoms with Crippen LogP contribution >= 0.6 is 0 Å². The zero-order valence-corrected chi connectivity index (χ0v) is 13.6. The van der Waals surface area contributed by atoms with Gasteiger partial charge in [-0.05, 0) is 36.1 Å². The molecule has 1 N–H and O–H groups in total. The molecule has 1 aromatic rings. The van der Waals surface area contributed by atoms with Gasteiger partial charge in [0.2, 0.25) is 0 Å². The highest BCUT2D eigenvalue weighted by atomic mass is 19.1. The van der Waals surface area contributed by atoms with Crippen molar-refractivity contribution in [1.29, 1.82) is 0 Å². The average molecular weight is 297 g/mol. The number of rotatable bonds is 10. The van der Waals surface area contributed by atoms with E-state index in [9.17, 15) is 4.39 Å². The summed E-state index contributed by atoms with van der Waals surface area (Å²) in [6.07, 6.45) is 0. The first-order valence-electron chi connectivity index (χ1n) is 7.68. The van der Waals surface area contributed by atoms with Crippen LogP contribution in [0.2, 0.25) is 0 Å². The maximum Gasteiger partial charge on any atom is 0.127 e. The van der Waals surface area contributed by atoms with Crippen molar-refractivity contribution in [2.75, 3.05) is 26.4 Å². The Hall–Kier alpha value is -1.13. The number of ether oxygens (including phenoxy) is 2. The number of halogens is 1. The highest BCUT2D eigenvalue weighted by Crippen LogP contribution is 2.16. The van der Waals surface area contributed by atoms with Gasteiger partial charge in [0.25, 0.3) is 0 Å². The van der Waals surface area contributed by atoms with Crippen LogP contribution in [0, 0.1) is 17.7 Å². The predicted molar refractivity (Wildman–Crippen MR) is 84.1 cm³/mol. The number of hydrogen-bond donors (Lipinski definition) is 1. The summed E-state index contributed by atoms with van der Waals surface area (Å²) in [5, 5.41) is 3.30. The van der Waals surface area contributed by atoms with Crippen LogP contribution in [0.3, 0.4) is 0 Å². The third kappa shape index (κ3) is 8.68. The number of benzene rings is 1. The molecule has 0 aliphatic heterocycles.